The summed E-state index contributed by atoms with van der Waals surface area (Å²) in [7, 11) is 3.67. The van der Waals surface area contributed by atoms with Crippen molar-refractivity contribution in [3.63, 3.8) is 0 Å². The largest absolute Gasteiger partial charge is 0.416 e. The van der Waals surface area contributed by atoms with E-state index >= 15 is 0 Å². The quantitative estimate of drug-likeness (QED) is 0.629. The summed E-state index contributed by atoms with van der Waals surface area (Å²) >= 11 is 0. The van der Waals surface area contributed by atoms with E-state index in [0.717, 1.165) is 43.5 Å². The predicted molar refractivity (Wildman–Crippen MR) is 124 cm³/mol. The van der Waals surface area contributed by atoms with Gasteiger partial charge in [-0.3, -0.25) is 19.4 Å². The fraction of sp³-hybridized carbons (Fsp3) is 0.680. The van der Waals surface area contributed by atoms with Crippen LogP contribution in [0.25, 0.3) is 0 Å². The van der Waals surface area contributed by atoms with E-state index < -0.39 is 11.7 Å². The summed E-state index contributed by atoms with van der Waals surface area (Å²) in [6.45, 7) is 2.91. The van der Waals surface area contributed by atoms with E-state index in [2.05, 4.69) is 10.2 Å². The lowest BCUT2D eigenvalue weighted by Crippen LogP contribution is -2.49. The lowest BCUT2D eigenvalue weighted by Gasteiger charge is -2.33. The standard InChI is InChI=1S/C25H35F3N4O3/c1-30-19(9-10-22(33)32-12-3-4-20(32)16-35-2)14-29-24(34)23-21(30)11-13-31(23)15-17-5-7-18(8-6-17)25(26,27)28/h5-8,19-21,23H,3-4,9-16H2,1-2H3,(H,29,34)/t19-,20+,21-,23-/m0/s1. The zero-order valence-electron chi connectivity index (χ0n) is 20.4. The maximum Gasteiger partial charge on any atom is 0.416 e. The first kappa shape index (κ1) is 25.9. The number of hydrogen-bond donors (Lipinski definition) is 1. The summed E-state index contributed by atoms with van der Waals surface area (Å²) < 4.78 is 43.9. The Morgan fingerprint density at radius 2 is 1.89 bits per heavy atom. The lowest BCUT2D eigenvalue weighted by atomic mass is 10.0. The first-order valence-corrected chi connectivity index (χ1v) is 12.4. The summed E-state index contributed by atoms with van der Waals surface area (Å²) in [5.74, 6) is 0.0835. The zero-order valence-corrected chi connectivity index (χ0v) is 20.4. The number of nitrogens with one attached hydrogen (secondary N) is 1. The minimum Gasteiger partial charge on any atom is -0.383 e. The van der Waals surface area contributed by atoms with Gasteiger partial charge in [0.15, 0.2) is 0 Å². The van der Waals surface area contributed by atoms with Crippen LogP contribution in [0.4, 0.5) is 13.2 Å². The SMILES string of the molecule is COC[C@H]1CCCN1C(=O)CC[C@H]1CNC(=O)[C@@H]2[C@H](CCN2Cc2ccc(C(F)(F)F)cc2)N1C. The van der Waals surface area contributed by atoms with Gasteiger partial charge in [0.05, 0.1) is 18.2 Å². The fourth-order valence-corrected chi connectivity index (χ4v) is 5.82. The van der Waals surface area contributed by atoms with E-state index in [4.69, 9.17) is 4.74 Å². The van der Waals surface area contributed by atoms with Crippen LogP contribution in [-0.2, 0) is 27.0 Å². The molecule has 0 radical (unpaired) electrons. The van der Waals surface area contributed by atoms with Crippen molar-refractivity contribution in [1.82, 2.24) is 20.0 Å². The topological polar surface area (TPSA) is 65.1 Å². The molecule has 0 aromatic heterocycles. The van der Waals surface area contributed by atoms with Crippen LogP contribution in [-0.4, -0.2) is 91.1 Å². The highest BCUT2D eigenvalue weighted by atomic mass is 19.4. The molecule has 0 bridgehead atoms. The molecule has 10 heteroatoms. The number of carbonyl (C=O) groups is 2. The molecule has 4 atom stereocenters. The van der Waals surface area contributed by atoms with E-state index in [9.17, 15) is 22.8 Å². The van der Waals surface area contributed by atoms with Gasteiger partial charge in [0.2, 0.25) is 11.8 Å². The van der Waals surface area contributed by atoms with Gasteiger partial charge >= 0.3 is 6.18 Å². The summed E-state index contributed by atoms with van der Waals surface area (Å²) in [6, 6.07) is 4.98. The van der Waals surface area contributed by atoms with Crippen molar-refractivity contribution in [2.24, 2.45) is 0 Å². The van der Waals surface area contributed by atoms with Crippen molar-refractivity contribution in [1.29, 1.82) is 0 Å². The van der Waals surface area contributed by atoms with Gasteiger partial charge in [-0.05, 0) is 50.4 Å². The number of amides is 2. The van der Waals surface area contributed by atoms with Crippen molar-refractivity contribution >= 4 is 11.8 Å². The maximum atomic E-state index is 13.0. The third-order valence-electron chi connectivity index (χ3n) is 7.76. The molecule has 3 saturated heterocycles. The number of methoxy groups -OCH3 is 1. The third kappa shape index (κ3) is 5.81. The zero-order chi connectivity index (χ0) is 25.2. The van der Waals surface area contributed by atoms with Gasteiger partial charge in [0.25, 0.3) is 0 Å². The Hall–Kier alpha value is -2.17. The molecular weight excluding hydrogens is 461 g/mol. The van der Waals surface area contributed by atoms with Gasteiger partial charge in [-0.15, -0.1) is 0 Å². The van der Waals surface area contributed by atoms with Crippen LogP contribution in [0.2, 0.25) is 0 Å². The average molecular weight is 497 g/mol. The first-order chi connectivity index (χ1) is 16.7. The van der Waals surface area contributed by atoms with Gasteiger partial charge in [-0.25, -0.2) is 0 Å². The third-order valence-corrected chi connectivity index (χ3v) is 7.76. The molecule has 0 aliphatic carbocycles. The molecule has 194 valence electrons. The average Bonchev–Trinajstić information content (AvgIpc) is 3.43. The normalized spacial score (nSPS) is 28.1. The molecular formula is C25H35F3N4O3. The molecule has 3 fully saturated rings. The van der Waals surface area contributed by atoms with Crippen LogP contribution >= 0.6 is 0 Å². The minimum atomic E-state index is -4.36. The summed E-state index contributed by atoms with van der Waals surface area (Å²) in [6.07, 6.45) is -0.514. The van der Waals surface area contributed by atoms with E-state index in [1.165, 1.54) is 12.1 Å². The first-order valence-electron chi connectivity index (χ1n) is 12.4. The number of nitrogens with zero attached hydrogens (tertiary/aromatic N) is 3. The number of hydrogen-bond acceptors (Lipinski definition) is 5. The highest BCUT2D eigenvalue weighted by molar-refractivity contribution is 5.83. The predicted octanol–water partition coefficient (Wildman–Crippen LogP) is 2.50. The maximum absolute atomic E-state index is 13.0. The Morgan fingerprint density at radius 3 is 2.57 bits per heavy atom. The molecule has 35 heavy (non-hydrogen) atoms. The monoisotopic (exact) mass is 496 g/mol. The smallest absolute Gasteiger partial charge is 0.383 e. The number of rotatable bonds is 7. The Bertz CT molecular complexity index is 895. The molecule has 3 heterocycles. The van der Waals surface area contributed by atoms with Gasteiger partial charge < -0.3 is 15.0 Å². The number of carbonyl (C=O) groups excluding carboxylic acids is 2. The van der Waals surface area contributed by atoms with Gasteiger partial charge in [0.1, 0.15) is 6.04 Å². The Kier molecular flexibility index (Phi) is 8.02. The van der Waals surface area contributed by atoms with Crippen LogP contribution in [0.3, 0.4) is 0 Å². The molecule has 0 saturated carbocycles. The van der Waals surface area contributed by atoms with Crippen LogP contribution in [0, 0.1) is 0 Å². The number of fused-ring (bicyclic) bond motifs is 1. The number of halogens is 3. The molecule has 7 nitrogen and oxygen atoms in total. The molecule has 3 aliphatic heterocycles. The lowest BCUT2D eigenvalue weighted by molar-refractivity contribution is -0.137. The Labute approximate surface area is 204 Å². The Balaban J connectivity index is 1.36. The fourth-order valence-electron chi connectivity index (χ4n) is 5.82. The molecule has 1 aromatic rings. The number of likely N-dealkylation sites (tertiary alicyclic amines) is 2. The number of ether oxygens (including phenoxy) is 1. The molecule has 0 spiro atoms. The highest BCUT2D eigenvalue weighted by Crippen LogP contribution is 2.31. The van der Waals surface area contributed by atoms with Crippen molar-refractivity contribution in [3.05, 3.63) is 35.4 Å². The van der Waals surface area contributed by atoms with Gasteiger partial charge in [-0.1, -0.05) is 12.1 Å². The molecule has 2 amide bonds. The van der Waals surface area contributed by atoms with E-state index in [-0.39, 0.29) is 36.0 Å². The number of alkyl halides is 3. The van der Waals surface area contributed by atoms with E-state index in [1.54, 1.807) is 7.11 Å². The molecule has 4 rings (SSSR count). The van der Waals surface area contributed by atoms with Crippen LogP contribution in [0.5, 0.6) is 0 Å². The van der Waals surface area contributed by atoms with Crippen molar-refractivity contribution in [2.45, 2.75) is 69.0 Å². The second-order valence-corrected chi connectivity index (χ2v) is 9.91. The summed E-state index contributed by atoms with van der Waals surface area (Å²) in [5.41, 5.74) is 0.0732. The van der Waals surface area contributed by atoms with Gasteiger partial charge in [0, 0.05) is 51.8 Å². The molecule has 1 N–H and O–H groups in total. The molecule has 3 aliphatic rings. The van der Waals surface area contributed by atoms with Crippen molar-refractivity contribution in [3.8, 4) is 0 Å². The van der Waals surface area contributed by atoms with Crippen molar-refractivity contribution in [2.75, 3.05) is 40.4 Å². The second kappa shape index (κ2) is 10.8. The van der Waals surface area contributed by atoms with Crippen LogP contribution < -0.4 is 5.32 Å². The number of benzene rings is 1. The minimum absolute atomic E-state index is 0.0000712. The molecule has 1 aromatic carbocycles. The van der Waals surface area contributed by atoms with E-state index in [0.29, 0.717) is 39.1 Å². The van der Waals surface area contributed by atoms with Crippen molar-refractivity contribution < 1.29 is 27.5 Å². The highest BCUT2D eigenvalue weighted by Gasteiger charge is 2.45. The summed E-state index contributed by atoms with van der Waals surface area (Å²) in [5, 5.41) is 3.05. The van der Waals surface area contributed by atoms with E-state index in [1.807, 2.05) is 16.8 Å². The summed E-state index contributed by atoms with van der Waals surface area (Å²) in [4.78, 5) is 32.1. The van der Waals surface area contributed by atoms with Gasteiger partial charge in [-0.2, -0.15) is 13.2 Å². The van der Waals surface area contributed by atoms with Crippen LogP contribution in [0.15, 0.2) is 24.3 Å². The molecule has 0 unspecified atom stereocenters. The second-order valence-electron chi connectivity index (χ2n) is 9.91. The van der Waals surface area contributed by atoms with Crippen LogP contribution in [0.1, 0.15) is 43.2 Å². The number of likely N-dealkylation sites (N-methyl/N-ethyl adjacent to an activating group) is 1. The Morgan fingerprint density at radius 1 is 1.14 bits per heavy atom.